The second-order valence-electron chi connectivity index (χ2n) is 6.28. The Morgan fingerprint density at radius 2 is 2.17 bits per heavy atom. The van der Waals surface area contributed by atoms with Gasteiger partial charge in [0, 0.05) is 12.7 Å². The van der Waals surface area contributed by atoms with Gasteiger partial charge in [0.2, 0.25) is 0 Å². The number of aromatic nitrogens is 3. The van der Waals surface area contributed by atoms with Crippen molar-refractivity contribution in [1.29, 1.82) is 0 Å². The second kappa shape index (κ2) is 5.70. The van der Waals surface area contributed by atoms with E-state index >= 15 is 0 Å². The van der Waals surface area contributed by atoms with Crippen LogP contribution in [0.3, 0.4) is 0 Å². The minimum atomic E-state index is -0.273. The molecule has 1 fully saturated rings. The first-order valence-electron chi connectivity index (χ1n) is 7.99. The summed E-state index contributed by atoms with van der Waals surface area (Å²) in [5.41, 5.74) is 2.12. The van der Waals surface area contributed by atoms with Gasteiger partial charge in [0.05, 0.1) is 11.6 Å². The van der Waals surface area contributed by atoms with Crippen LogP contribution in [0.25, 0.3) is 5.65 Å². The molecular formula is C18H17FN4O. The molecule has 0 bridgehead atoms. The molecule has 1 aliphatic rings. The summed E-state index contributed by atoms with van der Waals surface area (Å²) < 4.78 is 15.3. The lowest BCUT2D eigenvalue weighted by Gasteiger charge is -2.27. The summed E-state index contributed by atoms with van der Waals surface area (Å²) in [5, 5.41) is 7.78. The molecule has 1 aromatic carbocycles. The SMILES string of the molecule is C[C@@H]1CCN(C(=O)c2ccc3nncn3c2)[C@@H]1c1cccc(F)c1. The van der Waals surface area contributed by atoms with Crippen LogP contribution in [0.4, 0.5) is 4.39 Å². The molecule has 1 amide bonds. The molecule has 5 nitrogen and oxygen atoms in total. The van der Waals surface area contributed by atoms with Gasteiger partial charge in [0.15, 0.2) is 5.65 Å². The van der Waals surface area contributed by atoms with E-state index in [1.165, 1.54) is 12.1 Å². The molecule has 0 saturated carbocycles. The van der Waals surface area contributed by atoms with Gasteiger partial charge in [-0.05, 0) is 42.2 Å². The lowest BCUT2D eigenvalue weighted by atomic mass is 9.95. The summed E-state index contributed by atoms with van der Waals surface area (Å²) in [6, 6.07) is 9.96. The van der Waals surface area contributed by atoms with E-state index in [1.807, 2.05) is 11.0 Å². The largest absolute Gasteiger partial charge is 0.331 e. The van der Waals surface area contributed by atoms with Crippen molar-refractivity contribution in [2.75, 3.05) is 6.54 Å². The third-order valence-corrected chi connectivity index (χ3v) is 4.69. The average molecular weight is 324 g/mol. The van der Waals surface area contributed by atoms with E-state index in [-0.39, 0.29) is 23.7 Å². The van der Waals surface area contributed by atoms with Crippen LogP contribution in [-0.2, 0) is 0 Å². The van der Waals surface area contributed by atoms with Gasteiger partial charge < -0.3 is 4.90 Å². The zero-order valence-corrected chi connectivity index (χ0v) is 13.3. The number of rotatable bonds is 2. The van der Waals surface area contributed by atoms with E-state index in [1.54, 1.807) is 35.1 Å². The molecule has 2 aromatic heterocycles. The lowest BCUT2D eigenvalue weighted by molar-refractivity contribution is 0.0720. The maximum Gasteiger partial charge on any atom is 0.255 e. The summed E-state index contributed by atoms with van der Waals surface area (Å²) in [7, 11) is 0. The second-order valence-corrected chi connectivity index (χ2v) is 6.28. The number of nitrogens with zero attached hydrogens (tertiary/aromatic N) is 4. The normalized spacial score (nSPS) is 20.7. The summed E-state index contributed by atoms with van der Waals surface area (Å²) in [6.07, 6.45) is 4.22. The molecule has 0 aliphatic carbocycles. The van der Waals surface area contributed by atoms with Gasteiger partial charge in [-0.1, -0.05) is 19.1 Å². The van der Waals surface area contributed by atoms with Crippen LogP contribution in [-0.4, -0.2) is 31.9 Å². The number of fused-ring (bicyclic) bond motifs is 1. The molecule has 4 rings (SSSR count). The van der Waals surface area contributed by atoms with Gasteiger partial charge in [-0.3, -0.25) is 9.20 Å². The quantitative estimate of drug-likeness (QED) is 0.728. The van der Waals surface area contributed by atoms with Crippen molar-refractivity contribution < 1.29 is 9.18 Å². The predicted octanol–water partition coefficient (Wildman–Crippen LogP) is 3.09. The summed E-state index contributed by atoms with van der Waals surface area (Å²) in [5.74, 6) is -0.0384. The van der Waals surface area contributed by atoms with Crippen LogP contribution in [0.15, 0.2) is 48.9 Å². The maximum absolute atomic E-state index is 13.6. The van der Waals surface area contributed by atoms with Crippen LogP contribution in [0.2, 0.25) is 0 Å². The minimum absolute atomic E-state index is 0.0517. The molecule has 1 aliphatic heterocycles. The Bertz CT molecular complexity index is 907. The Kier molecular flexibility index (Phi) is 3.52. The van der Waals surface area contributed by atoms with Crippen molar-refractivity contribution in [2.24, 2.45) is 5.92 Å². The monoisotopic (exact) mass is 324 g/mol. The highest BCUT2D eigenvalue weighted by Gasteiger charge is 2.36. The van der Waals surface area contributed by atoms with Crippen molar-refractivity contribution in [1.82, 2.24) is 19.5 Å². The van der Waals surface area contributed by atoms with Gasteiger partial charge in [-0.2, -0.15) is 0 Å². The zero-order valence-electron chi connectivity index (χ0n) is 13.3. The molecule has 0 spiro atoms. The Morgan fingerprint density at radius 3 is 3.00 bits per heavy atom. The topological polar surface area (TPSA) is 50.5 Å². The van der Waals surface area contributed by atoms with E-state index in [9.17, 15) is 9.18 Å². The third-order valence-electron chi connectivity index (χ3n) is 4.69. The molecular weight excluding hydrogens is 307 g/mol. The predicted molar refractivity (Wildman–Crippen MR) is 86.9 cm³/mol. The lowest BCUT2D eigenvalue weighted by Crippen LogP contribution is -2.32. The van der Waals surface area contributed by atoms with Gasteiger partial charge in [-0.15, -0.1) is 10.2 Å². The summed E-state index contributed by atoms with van der Waals surface area (Å²) in [6.45, 7) is 2.77. The van der Waals surface area contributed by atoms with Gasteiger partial charge in [0.1, 0.15) is 12.1 Å². The molecule has 6 heteroatoms. The van der Waals surface area contributed by atoms with Crippen molar-refractivity contribution in [3.05, 3.63) is 65.9 Å². The molecule has 0 unspecified atom stereocenters. The fourth-order valence-corrected chi connectivity index (χ4v) is 3.49. The molecule has 24 heavy (non-hydrogen) atoms. The molecule has 3 heterocycles. The van der Waals surface area contributed by atoms with Crippen molar-refractivity contribution in [3.63, 3.8) is 0 Å². The van der Waals surface area contributed by atoms with Crippen LogP contribution in [0.5, 0.6) is 0 Å². The average Bonchev–Trinajstić information content (AvgIpc) is 3.19. The van der Waals surface area contributed by atoms with E-state index < -0.39 is 0 Å². The Morgan fingerprint density at radius 1 is 1.29 bits per heavy atom. The number of benzene rings is 1. The highest BCUT2D eigenvalue weighted by Crippen LogP contribution is 2.38. The summed E-state index contributed by atoms with van der Waals surface area (Å²) in [4.78, 5) is 14.8. The molecule has 0 radical (unpaired) electrons. The number of amides is 1. The van der Waals surface area contributed by atoms with Crippen LogP contribution >= 0.6 is 0 Å². The van der Waals surface area contributed by atoms with E-state index in [2.05, 4.69) is 17.1 Å². The highest BCUT2D eigenvalue weighted by molar-refractivity contribution is 5.94. The van der Waals surface area contributed by atoms with Crippen molar-refractivity contribution in [3.8, 4) is 0 Å². The number of carbonyl (C=O) groups excluding carboxylic acids is 1. The first-order chi connectivity index (χ1) is 11.6. The fourth-order valence-electron chi connectivity index (χ4n) is 3.49. The Hall–Kier alpha value is -2.76. The van der Waals surface area contributed by atoms with Gasteiger partial charge >= 0.3 is 0 Å². The van der Waals surface area contributed by atoms with E-state index in [0.717, 1.165) is 12.0 Å². The Labute approximate surface area is 138 Å². The number of hydrogen-bond donors (Lipinski definition) is 0. The molecule has 3 aromatic rings. The number of likely N-dealkylation sites (tertiary alicyclic amines) is 1. The van der Waals surface area contributed by atoms with Crippen LogP contribution in [0, 0.1) is 11.7 Å². The summed E-state index contributed by atoms with van der Waals surface area (Å²) >= 11 is 0. The number of carbonyl (C=O) groups is 1. The van der Waals surface area contributed by atoms with Crippen molar-refractivity contribution >= 4 is 11.6 Å². The first kappa shape index (κ1) is 14.8. The number of hydrogen-bond acceptors (Lipinski definition) is 3. The van der Waals surface area contributed by atoms with E-state index in [0.29, 0.717) is 17.8 Å². The molecule has 2 atom stereocenters. The van der Waals surface area contributed by atoms with Gasteiger partial charge in [-0.25, -0.2) is 4.39 Å². The van der Waals surface area contributed by atoms with Crippen LogP contribution in [0.1, 0.15) is 35.3 Å². The third kappa shape index (κ3) is 2.44. The van der Waals surface area contributed by atoms with Gasteiger partial charge in [0.25, 0.3) is 5.91 Å². The van der Waals surface area contributed by atoms with E-state index in [4.69, 9.17) is 0 Å². The Balaban J connectivity index is 1.69. The smallest absolute Gasteiger partial charge is 0.255 e. The zero-order chi connectivity index (χ0) is 16.7. The molecule has 1 saturated heterocycles. The maximum atomic E-state index is 13.6. The highest BCUT2D eigenvalue weighted by atomic mass is 19.1. The molecule has 0 N–H and O–H groups in total. The minimum Gasteiger partial charge on any atom is -0.331 e. The van der Waals surface area contributed by atoms with Crippen LogP contribution < -0.4 is 0 Å². The fraction of sp³-hybridized carbons (Fsp3) is 0.278. The number of halogens is 1. The standard InChI is InChI=1S/C18H17FN4O/c1-12-7-8-23(17(12)13-3-2-4-15(19)9-13)18(24)14-5-6-16-21-20-11-22(16)10-14/h2-6,9-12,17H,7-8H2,1H3/t12-,17+/m1/s1. The number of pyridine rings is 1. The first-order valence-corrected chi connectivity index (χ1v) is 7.99. The van der Waals surface area contributed by atoms with Crippen molar-refractivity contribution in [2.45, 2.75) is 19.4 Å². The molecule has 122 valence electrons.